The Labute approximate surface area is 118 Å². The number of carbonyl (C=O) groups excluding carboxylic acids is 1. The van der Waals surface area contributed by atoms with Crippen molar-refractivity contribution in [1.29, 1.82) is 0 Å². The fourth-order valence-electron chi connectivity index (χ4n) is 1.67. The summed E-state index contributed by atoms with van der Waals surface area (Å²) < 4.78 is 5.18. The summed E-state index contributed by atoms with van der Waals surface area (Å²) >= 11 is 0. The molecule has 0 spiro atoms. The first kappa shape index (κ1) is 15.8. The van der Waals surface area contributed by atoms with E-state index >= 15 is 0 Å². The molecule has 0 aliphatic rings. The third-order valence-corrected chi connectivity index (χ3v) is 2.89. The Hall–Kier alpha value is -2.30. The van der Waals surface area contributed by atoms with Gasteiger partial charge in [0.15, 0.2) is 0 Å². The number of hydrogen-bond donors (Lipinski definition) is 1. The van der Waals surface area contributed by atoms with Crippen molar-refractivity contribution in [3.05, 3.63) is 35.9 Å². The van der Waals surface area contributed by atoms with Crippen LogP contribution in [0, 0.1) is 5.92 Å². The van der Waals surface area contributed by atoms with Crippen molar-refractivity contribution in [3.63, 3.8) is 0 Å². The van der Waals surface area contributed by atoms with Gasteiger partial charge in [-0.2, -0.15) is 0 Å². The van der Waals surface area contributed by atoms with E-state index in [1.165, 1.54) is 11.0 Å². The molecule has 0 saturated carbocycles. The van der Waals surface area contributed by atoms with Crippen LogP contribution in [-0.2, 0) is 9.59 Å². The molecule has 0 fully saturated rings. The second kappa shape index (κ2) is 7.33. The van der Waals surface area contributed by atoms with Crippen LogP contribution in [0.25, 0.3) is 6.08 Å². The minimum Gasteiger partial charge on any atom is -0.496 e. The molecule has 1 aromatic rings. The summed E-state index contributed by atoms with van der Waals surface area (Å²) in [6.07, 6.45) is 3.07. The van der Waals surface area contributed by atoms with Gasteiger partial charge in [0.2, 0.25) is 5.91 Å². The van der Waals surface area contributed by atoms with Gasteiger partial charge in [0.25, 0.3) is 0 Å². The number of aliphatic carboxylic acids is 1. The Morgan fingerprint density at radius 3 is 2.65 bits per heavy atom. The summed E-state index contributed by atoms with van der Waals surface area (Å²) in [5.74, 6) is -1.08. The van der Waals surface area contributed by atoms with Gasteiger partial charge in [-0.05, 0) is 12.1 Å². The van der Waals surface area contributed by atoms with Gasteiger partial charge >= 0.3 is 5.97 Å². The number of amides is 1. The second-order valence-electron chi connectivity index (χ2n) is 4.53. The molecule has 1 rings (SSSR count). The van der Waals surface area contributed by atoms with E-state index in [1.807, 2.05) is 18.2 Å². The van der Waals surface area contributed by atoms with Crippen LogP contribution in [0.15, 0.2) is 30.3 Å². The number of ether oxygens (including phenoxy) is 1. The van der Waals surface area contributed by atoms with Crippen molar-refractivity contribution in [2.75, 3.05) is 20.7 Å². The summed E-state index contributed by atoms with van der Waals surface area (Å²) in [6, 6.07) is 7.34. The number of benzene rings is 1. The zero-order chi connectivity index (χ0) is 15.1. The lowest BCUT2D eigenvalue weighted by Gasteiger charge is -2.17. The number of carbonyl (C=O) groups is 2. The number of hydrogen-bond acceptors (Lipinski definition) is 3. The van der Waals surface area contributed by atoms with Gasteiger partial charge in [-0.25, -0.2) is 0 Å². The lowest BCUT2D eigenvalue weighted by molar-refractivity contribution is -0.142. The molecule has 0 saturated heterocycles. The average Bonchev–Trinajstić information content (AvgIpc) is 2.44. The van der Waals surface area contributed by atoms with Gasteiger partial charge in [-0.15, -0.1) is 0 Å². The van der Waals surface area contributed by atoms with Crippen LogP contribution < -0.4 is 4.74 Å². The second-order valence-corrected chi connectivity index (χ2v) is 4.53. The highest BCUT2D eigenvalue weighted by Crippen LogP contribution is 2.18. The molecule has 1 aromatic carbocycles. The van der Waals surface area contributed by atoms with E-state index < -0.39 is 11.9 Å². The summed E-state index contributed by atoms with van der Waals surface area (Å²) in [5.41, 5.74) is 0.794. The first-order valence-electron chi connectivity index (χ1n) is 6.24. The van der Waals surface area contributed by atoms with E-state index in [-0.39, 0.29) is 12.5 Å². The normalized spacial score (nSPS) is 12.2. The highest BCUT2D eigenvalue weighted by Gasteiger charge is 2.15. The molecule has 1 atom stereocenters. The molecular weight excluding hydrogens is 258 g/mol. The molecule has 0 radical (unpaired) electrons. The van der Waals surface area contributed by atoms with E-state index in [0.29, 0.717) is 5.75 Å². The smallest absolute Gasteiger partial charge is 0.308 e. The maximum absolute atomic E-state index is 11.9. The number of rotatable bonds is 6. The summed E-state index contributed by atoms with van der Waals surface area (Å²) in [6.45, 7) is 1.74. The molecule has 0 heterocycles. The quantitative estimate of drug-likeness (QED) is 0.806. The van der Waals surface area contributed by atoms with E-state index in [2.05, 4.69) is 0 Å². The van der Waals surface area contributed by atoms with Crippen molar-refractivity contribution < 1.29 is 19.4 Å². The highest BCUT2D eigenvalue weighted by molar-refractivity contribution is 5.92. The standard InChI is InChI=1S/C15H19NO4/c1-11(15(18)19)10-16(2)14(17)9-8-12-6-4-5-7-13(12)20-3/h4-9,11H,10H2,1-3H3,(H,18,19). The predicted molar refractivity (Wildman–Crippen MR) is 76.5 cm³/mol. The van der Waals surface area contributed by atoms with Gasteiger partial charge in [0.1, 0.15) is 5.75 Å². The summed E-state index contributed by atoms with van der Waals surface area (Å²) in [5, 5.41) is 8.82. The topological polar surface area (TPSA) is 66.8 Å². The van der Waals surface area contributed by atoms with E-state index in [1.54, 1.807) is 33.2 Å². The van der Waals surface area contributed by atoms with Gasteiger partial charge in [0, 0.05) is 25.2 Å². The van der Waals surface area contributed by atoms with Crippen molar-refractivity contribution in [2.45, 2.75) is 6.92 Å². The maximum Gasteiger partial charge on any atom is 0.308 e. The lowest BCUT2D eigenvalue weighted by atomic mass is 10.1. The predicted octanol–water partition coefficient (Wildman–Crippen LogP) is 1.89. The fraction of sp³-hybridized carbons (Fsp3) is 0.333. The van der Waals surface area contributed by atoms with E-state index in [9.17, 15) is 9.59 Å². The lowest BCUT2D eigenvalue weighted by Crippen LogP contribution is -2.32. The fourth-order valence-corrected chi connectivity index (χ4v) is 1.67. The van der Waals surface area contributed by atoms with Crippen LogP contribution in [0.3, 0.4) is 0 Å². The van der Waals surface area contributed by atoms with Crippen LogP contribution in [0.5, 0.6) is 5.75 Å². The number of para-hydroxylation sites is 1. The van der Waals surface area contributed by atoms with Crippen molar-refractivity contribution >= 4 is 18.0 Å². The Kier molecular flexibility index (Phi) is 5.77. The Balaban J connectivity index is 2.69. The molecule has 20 heavy (non-hydrogen) atoms. The summed E-state index contributed by atoms with van der Waals surface area (Å²) in [7, 11) is 3.14. The number of methoxy groups -OCH3 is 1. The summed E-state index contributed by atoms with van der Waals surface area (Å²) in [4.78, 5) is 24.0. The molecule has 108 valence electrons. The Bertz CT molecular complexity index is 510. The maximum atomic E-state index is 11.9. The number of carboxylic acids is 1. The molecule has 1 unspecified atom stereocenters. The van der Waals surface area contributed by atoms with Gasteiger partial charge in [-0.1, -0.05) is 25.1 Å². The molecule has 0 aliphatic carbocycles. The van der Waals surface area contributed by atoms with E-state index in [4.69, 9.17) is 9.84 Å². The molecule has 5 nitrogen and oxygen atoms in total. The third-order valence-electron chi connectivity index (χ3n) is 2.89. The zero-order valence-electron chi connectivity index (χ0n) is 11.9. The van der Waals surface area contributed by atoms with Gasteiger partial charge < -0.3 is 14.7 Å². The molecule has 0 aromatic heterocycles. The highest BCUT2D eigenvalue weighted by atomic mass is 16.5. The Morgan fingerprint density at radius 2 is 2.05 bits per heavy atom. The van der Waals surface area contributed by atoms with Gasteiger partial charge in [0.05, 0.1) is 13.0 Å². The van der Waals surface area contributed by atoms with Crippen molar-refractivity contribution in [3.8, 4) is 5.75 Å². The largest absolute Gasteiger partial charge is 0.496 e. The van der Waals surface area contributed by atoms with E-state index in [0.717, 1.165) is 5.56 Å². The zero-order valence-corrected chi connectivity index (χ0v) is 11.9. The molecule has 0 bridgehead atoms. The van der Waals surface area contributed by atoms with Crippen LogP contribution in [0.1, 0.15) is 12.5 Å². The minimum absolute atomic E-state index is 0.171. The number of nitrogens with zero attached hydrogens (tertiary/aromatic N) is 1. The molecule has 1 amide bonds. The first-order chi connectivity index (χ1) is 9.45. The number of likely N-dealkylation sites (N-methyl/N-ethyl adjacent to an activating group) is 1. The molecule has 0 aliphatic heterocycles. The van der Waals surface area contributed by atoms with Crippen LogP contribution in [-0.4, -0.2) is 42.6 Å². The van der Waals surface area contributed by atoms with Crippen molar-refractivity contribution in [2.24, 2.45) is 5.92 Å². The SMILES string of the molecule is COc1ccccc1C=CC(=O)N(C)CC(C)C(=O)O. The molecule has 1 N–H and O–H groups in total. The third kappa shape index (κ3) is 4.42. The first-order valence-corrected chi connectivity index (χ1v) is 6.24. The Morgan fingerprint density at radius 1 is 1.40 bits per heavy atom. The molecular formula is C15H19NO4. The minimum atomic E-state index is -0.918. The van der Waals surface area contributed by atoms with Crippen LogP contribution in [0.4, 0.5) is 0 Å². The van der Waals surface area contributed by atoms with Crippen molar-refractivity contribution in [1.82, 2.24) is 4.90 Å². The average molecular weight is 277 g/mol. The number of carboxylic acid groups (broad SMARTS) is 1. The van der Waals surface area contributed by atoms with Crippen LogP contribution in [0.2, 0.25) is 0 Å². The molecule has 5 heteroatoms. The van der Waals surface area contributed by atoms with Gasteiger partial charge in [-0.3, -0.25) is 9.59 Å². The van der Waals surface area contributed by atoms with Crippen LogP contribution >= 0.6 is 0 Å². The monoisotopic (exact) mass is 277 g/mol.